The summed E-state index contributed by atoms with van der Waals surface area (Å²) in [7, 11) is 1.94. The maximum Gasteiger partial charge on any atom is 0.278 e. The van der Waals surface area contributed by atoms with E-state index in [2.05, 4.69) is 25.3 Å². The first-order chi connectivity index (χ1) is 13.0. The highest BCUT2D eigenvalue weighted by Crippen LogP contribution is 2.23. The molecule has 0 aliphatic rings. The molecule has 1 amide bonds. The first-order valence-corrected chi connectivity index (χ1v) is 8.59. The third-order valence-electron chi connectivity index (χ3n) is 4.35. The molecule has 3 heterocycles. The van der Waals surface area contributed by atoms with Crippen molar-refractivity contribution in [3.8, 4) is 11.3 Å². The van der Waals surface area contributed by atoms with Crippen LogP contribution in [0, 0.1) is 0 Å². The van der Waals surface area contributed by atoms with Gasteiger partial charge in [-0.1, -0.05) is 12.1 Å². The van der Waals surface area contributed by atoms with Crippen LogP contribution in [0.1, 0.15) is 30.4 Å². The molecule has 8 nitrogen and oxygen atoms in total. The minimum atomic E-state index is -0.337. The van der Waals surface area contributed by atoms with Crippen LogP contribution in [-0.2, 0) is 7.05 Å². The first kappa shape index (κ1) is 16.9. The van der Waals surface area contributed by atoms with Gasteiger partial charge in [0.05, 0.1) is 30.1 Å². The second-order valence-corrected chi connectivity index (χ2v) is 6.61. The van der Waals surface area contributed by atoms with E-state index >= 15 is 0 Å². The van der Waals surface area contributed by atoms with Crippen LogP contribution in [0.4, 0.5) is 5.95 Å². The Labute approximate surface area is 155 Å². The number of anilines is 1. The summed E-state index contributed by atoms with van der Waals surface area (Å²) in [6, 6.07) is 6.14. The summed E-state index contributed by atoms with van der Waals surface area (Å²) >= 11 is 0. The van der Waals surface area contributed by atoms with E-state index in [0.29, 0.717) is 5.69 Å². The van der Waals surface area contributed by atoms with Crippen LogP contribution in [0.15, 0.2) is 49.4 Å². The summed E-state index contributed by atoms with van der Waals surface area (Å²) < 4.78 is 3.81. The molecule has 0 saturated heterocycles. The molecule has 0 radical (unpaired) electrons. The molecule has 1 aromatic carbocycles. The number of nitrogens with zero attached hydrogens (tertiary/aromatic N) is 6. The fourth-order valence-corrected chi connectivity index (χ4v) is 2.78. The van der Waals surface area contributed by atoms with Crippen molar-refractivity contribution in [2.24, 2.45) is 7.05 Å². The Kier molecular flexibility index (Phi) is 4.15. The Morgan fingerprint density at radius 2 is 2.00 bits per heavy atom. The second kappa shape index (κ2) is 6.64. The molecule has 8 heteroatoms. The lowest BCUT2D eigenvalue weighted by Crippen LogP contribution is -2.14. The van der Waals surface area contributed by atoms with Crippen molar-refractivity contribution in [2.75, 3.05) is 5.32 Å². The minimum absolute atomic E-state index is 0.237. The number of fused-ring (bicyclic) bond motifs is 1. The smallest absolute Gasteiger partial charge is 0.278 e. The Hall–Kier alpha value is -3.55. The largest absolute Gasteiger partial charge is 0.334 e. The van der Waals surface area contributed by atoms with Crippen LogP contribution in [-0.4, -0.2) is 35.0 Å². The molecule has 0 aliphatic heterocycles. The van der Waals surface area contributed by atoms with Crippen molar-refractivity contribution in [1.82, 2.24) is 29.1 Å². The Balaban J connectivity index is 1.62. The third kappa shape index (κ3) is 3.29. The minimum Gasteiger partial charge on any atom is -0.334 e. The van der Waals surface area contributed by atoms with Gasteiger partial charge in [0.2, 0.25) is 5.95 Å². The van der Waals surface area contributed by atoms with Gasteiger partial charge in [-0.15, -0.1) is 0 Å². The number of imidazole rings is 2. The van der Waals surface area contributed by atoms with E-state index in [1.165, 1.54) is 0 Å². The molecule has 0 saturated carbocycles. The standard InChI is InChI=1S/C19H19N7O/c1-12(2)26-9-16(22-11-26)18(27)24-19-21-7-14-5-4-13(6-15(14)23-19)17-8-20-10-25(17)3/h4-12H,1-3H3,(H,21,23,24,27). The van der Waals surface area contributed by atoms with E-state index in [0.717, 1.165) is 22.2 Å². The molecule has 136 valence electrons. The van der Waals surface area contributed by atoms with E-state index in [-0.39, 0.29) is 17.9 Å². The summed E-state index contributed by atoms with van der Waals surface area (Å²) in [4.78, 5) is 29.4. The van der Waals surface area contributed by atoms with Gasteiger partial charge in [0.1, 0.15) is 5.69 Å². The number of carbonyl (C=O) groups is 1. The third-order valence-corrected chi connectivity index (χ3v) is 4.35. The molecular formula is C19H19N7O. The molecule has 0 aliphatic carbocycles. The lowest BCUT2D eigenvalue weighted by molar-refractivity contribution is 0.102. The zero-order valence-corrected chi connectivity index (χ0v) is 15.3. The van der Waals surface area contributed by atoms with E-state index in [1.54, 1.807) is 31.2 Å². The number of nitrogens with one attached hydrogen (secondary N) is 1. The quantitative estimate of drug-likeness (QED) is 0.603. The second-order valence-electron chi connectivity index (χ2n) is 6.61. The summed E-state index contributed by atoms with van der Waals surface area (Å²) in [5, 5.41) is 3.61. The number of benzene rings is 1. The monoisotopic (exact) mass is 361 g/mol. The number of carbonyl (C=O) groups excluding carboxylic acids is 1. The molecule has 0 spiro atoms. The molecule has 0 atom stereocenters. The van der Waals surface area contributed by atoms with Crippen molar-refractivity contribution < 1.29 is 4.79 Å². The molecule has 1 N–H and O–H groups in total. The maximum absolute atomic E-state index is 12.4. The lowest BCUT2D eigenvalue weighted by Gasteiger charge is -2.06. The average molecular weight is 361 g/mol. The van der Waals surface area contributed by atoms with Crippen LogP contribution < -0.4 is 5.32 Å². The van der Waals surface area contributed by atoms with E-state index in [1.807, 2.05) is 48.2 Å². The van der Waals surface area contributed by atoms with Gasteiger partial charge in [0, 0.05) is 36.4 Å². The van der Waals surface area contributed by atoms with E-state index in [9.17, 15) is 4.79 Å². The van der Waals surface area contributed by atoms with Gasteiger partial charge in [-0.3, -0.25) is 10.1 Å². The topological polar surface area (TPSA) is 90.5 Å². The molecular weight excluding hydrogens is 342 g/mol. The van der Waals surface area contributed by atoms with Gasteiger partial charge in [-0.2, -0.15) is 0 Å². The molecule has 0 fully saturated rings. The normalized spacial score (nSPS) is 11.3. The van der Waals surface area contributed by atoms with Crippen LogP contribution in [0.3, 0.4) is 0 Å². The SMILES string of the molecule is CC(C)n1cnc(C(=O)Nc2ncc3ccc(-c4cncn4C)cc3n2)c1. The average Bonchev–Trinajstić information content (AvgIpc) is 3.30. The number of rotatable bonds is 4. The van der Waals surface area contributed by atoms with Crippen LogP contribution >= 0.6 is 0 Å². The lowest BCUT2D eigenvalue weighted by atomic mass is 10.1. The number of aromatic nitrogens is 6. The highest BCUT2D eigenvalue weighted by atomic mass is 16.2. The van der Waals surface area contributed by atoms with Gasteiger partial charge in [-0.05, 0) is 19.9 Å². The Morgan fingerprint density at radius 3 is 2.70 bits per heavy atom. The number of amides is 1. The van der Waals surface area contributed by atoms with Crippen LogP contribution in [0.5, 0.6) is 0 Å². The van der Waals surface area contributed by atoms with Gasteiger partial charge < -0.3 is 9.13 Å². The number of hydrogen-bond donors (Lipinski definition) is 1. The summed E-state index contributed by atoms with van der Waals surface area (Å²) in [5.74, 6) is -0.0923. The molecule has 0 unspecified atom stereocenters. The number of aryl methyl sites for hydroxylation is 1. The summed E-state index contributed by atoms with van der Waals surface area (Å²) in [6.45, 7) is 4.05. The van der Waals surface area contributed by atoms with Crippen molar-refractivity contribution in [1.29, 1.82) is 0 Å². The van der Waals surface area contributed by atoms with Crippen molar-refractivity contribution in [2.45, 2.75) is 19.9 Å². The van der Waals surface area contributed by atoms with Crippen molar-refractivity contribution in [3.05, 3.63) is 55.1 Å². The highest BCUT2D eigenvalue weighted by molar-refractivity contribution is 6.02. The predicted molar refractivity (Wildman–Crippen MR) is 102 cm³/mol. The highest BCUT2D eigenvalue weighted by Gasteiger charge is 2.13. The number of hydrogen-bond acceptors (Lipinski definition) is 5. The zero-order valence-electron chi connectivity index (χ0n) is 15.3. The van der Waals surface area contributed by atoms with Crippen LogP contribution in [0.25, 0.3) is 22.2 Å². The van der Waals surface area contributed by atoms with E-state index < -0.39 is 0 Å². The van der Waals surface area contributed by atoms with Gasteiger partial charge >= 0.3 is 0 Å². The molecule has 3 aromatic heterocycles. The van der Waals surface area contributed by atoms with Crippen LogP contribution in [0.2, 0.25) is 0 Å². The molecule has 4 aromatic rings. The van der Waals surface area contributed by atoms with Gasteiger partial charge in [-0.25, -0.2) is 19.9 Å². The molecule has 0 bridgehead atoms. The summed E-state index contributed by atoms with van der Waals surface area (Å²) in [6.07, 6.45) is 8.60. The van der Waals surface area contributed by atoms with Gasteiger partial charge in [0.25, 0.3) is 5.91 Å². The van der Waals surface area contributed by atoms with Crippen molar-refractivity contribution in [3.63, 3.8) is 0 Å². The first-order valence-electron chi connectivity index (χ1n) is 8.59. The fraction of sp³-hybridized carbons (Fsp3) is 0.211. The van der Waals surface area contributed by atoms with E-state index in [4.69, 9.17) is 0 Å². The van der Waals surface area contributed by atoms with Crippen molar-refractivity contribution >= 4 is 22.8 Å². The maximum atomic E-state index is 12.4. The zero-order chi connectivity index (χ0) is 19.0. The Bertz CT molecular complexity index is 1130. The predicted octanol–water partition coefficient (Wildman–Crippen LogP) is 3.06. The fourth-order valence-electron chi connectivity index (χ4n) is 2.78. The molecule has 27 heavy (non-hydrogen) atoms. The van der Waals surface area contributed by atoms with Gasteiger partial charge in [0.15, 0.2) is 0 Å². The summed E-state index contributed by atoms with van der Waals surface area (Å²) in [5.41, 5.74) is 3.05. The molecule has 4 rings (SSSR count). The Morgan fingerprint density at radius 1 is 1.15 bits per heavy atom.